The molecular formula is C23H22F2N6O. The summed E-state index contributed by atoms with van der Waals surface area (Å²) in [5.74, 6) is -2.25. The van der Waals surface area contributed by atoms with Crippen molar-refractivity contribution in [2.75, 3.05) is 6.54 Å². The van der Waals surface area contributed by atoms with Crippen LogP contribution in [-0.2, 0) is 18.9 Å². The SMILES string of the molecule is C/C(=C/c1nccc(=O)[nH]1)C(=N)N1CCc2ncc(-c3ccc(C(C)(F)F)nc3)cc2C1. The van der Waals surface area contributed by atoms with Gasteiger partial charge in [-0.3, -0.25) is 20.2 Å². The first-order valence-electron chi connectivity index (χ1n) is 10.1. The Labute approximate surface area is 183 Å². The minimum Gasteiger partial charge on any atom is -0.352 e. The highest BCUT2D eigenvalue weighted by molar-refractivity contribution is 5.99. The number of nitrogens with zero attached hydrogens (tertiary/aromatic N) is 4. The Morgan fingerprint density at radius 3 is 2.66 bits per heavy atom. The molecule has 0 aliphatic carbocycles. The molecule has 0 radical (unpaired) electrons. The number of alkyl halides is 2. The number of hydrogen-bond donors (Lipinski definition) is 2. The molecule has 1 aliphatic rings. The lowest BCUT2D eigenvalue weighted by Gasteiger charge is -2.31. The average Bonchev–Trinajstić information content (AvgIpc) is 2.77. The Balaban J connectivity index is 1.54. The highest BCUT2D eigenvalue weighted by Gasteiger charge is 2.26. The van der Waals surface area contributed by atoms with Crippen molar-refractivity contribution in [1.29, 1.82) is 5.41 Å². The van der Waals surface area contributed by atoms with E-state index in [1.54, 1.807) is 25.3 Å². The fraction of sp³-hybridized carbons (Fsp3) is 0.261. The van der Waals surface area contributed by atoms with Gasteiger partial charge in [0.1, 0.15) is 17.4 Å². The van der Waals surface area contributed by atoms with Gasteiger partial charge in [-0.1, -0.05) is 6.07 Å². The number of H-pyrrole nitrogens is 1. The molecule has 0 bridgehead atoms. The standard InChI is InChI=1S/C23H22F2N6O/c1-14(9-20-27-7-5-21(32)30-20)22(26)31-8-6-18-17(13-31)10-16(12-28-18)15-3-4-19(29-11-15)23(2,24)25/h3-5,7,9-12,26H,6,8,13H2,1-2H3,(H,27,30,32)/b14-9-,26-22?. The third-order valence-electron chi connectivity index (χ3n) is 5.32. The third-order valence-corrected chi connectivity index (χ3v) is 5.32. The molecule has 0 aromatic carbocycles. The van der Waals surface area contributed by atoms with Crippen molar-refractivity contribution in [2.45, 2.75) is 32.7 Å². The molecule has 4 heterocycles. The van der Waals surface area contributed by atoms with Crippen LogP contribution >= 0.6 is 0 Å². The zero-order valence-electron chi connectivity index (χ0n) is 17.7. The molecule has 4 rings (SSSR count). The molecule has 0 saturated heterocycles. The number of hydrogen-bond acceptors (Lipinski definition) is 5. The van der Waals surface area contributed by atoms with Gasteiger partial charge in [-0.25, -0.2) is 4.98 Å². The lowest BCUT2D eigenvalue weighted by Crippen LogP contribution is -2.36. The Kier molecular flexibility index (Phi) is 5.65. The maximum atomic E-state index is 13.4. The van der Waals surface area contributed by atoms with Crippen LogP contribution in [0.15, 0.2) is 53.2 Å². The summed E-state index contributed by atoms with van der Waals surface area (Å²) in [5, 5.41) is 8.57. The number of fused-ring (bicyclic) bond motifs is 1. The van der Waals surface area contributed by atoms with Crippen LogP contribution in [0.5, 0.6) is 0 Å². The monoisotopic (exact) mass is 436 g/mol. The fourth-order valence-corrected chi connectivity index (χ4v) is 3.58. The molecule has 0 spiro atoms. The van der Waals surface area contributed by atoms with E-state index in [-0.39, 0.29) is 11.3 Å². The van der Waals surface area contributed by atoms with Crippen molar-refractivity contribution in [2.24, 2.45) is 0 Å². The van der Waals surface area contributed by atoms with Crippen molar-refractivity contribution >= 4 is 11.9 Å². The Morgan fingerprint density at radius 1 is 1.19 bits per heavy atom. The van der Waals surface area contributed by atoms with Crippen molar-refractivity contribution in [3.8, 4) is 11.1 Å². The van der Waals surface area contributed by atoms with Crippen LogP contribution in [-0.4, -0.2) is 37.2 Å². The van der Waals surface area contributed by atoms with Crippen molar-refractivity contribution in [3.63, 3.8) is 0 Å². The van der Waals surface area contributed by atoms with E-state index in [4.69, 9.17) is 5.41 Å². The Hall–Kier alpha value is -3.75. The van der Waals surface area contributed by atoms with Gasteiger partial charge in [-0.2, -0.15) is 8.78 Å². The first kappa shape index (κ1) is 21.5. The van der Waals surface area contributed by atoms with Crippen molar-refractivity contribution in [3.05, 3.63) is 81.6 Å². The fourth-order valence-electron chi connectivity index (χ4n) is 3.58. The highest BCUT2D eigenvalue weighted by atomic mass is 19.3. The van der Waals surface area contributed by atoms with Gasteiger partial charge in [0.25, 0.3) is 11.5 Å². The lowest BCUT2D eigenvalue weighted by atomic mass is 10.00. The van der Waals surface area contributed by atoms with E-state index in [0.29, 0.717) is 42.3 Å². The van der Waals surface area contributed by atoms with Crippen LogP contribution in [0.25, 0.3) is 17.2 Å². The van der Waals surface area contributed by atoms with Gasteiger partial charge in [0.05, 0.1) is 0 Å². The summed E-state index contributed by atoms with van der Waals surface area (Å²) in [6, 6.07) is 6.25. The summed E-state index contributed by atoms with van der Waals surface area (Å²) in [7, 11) is 0. The van der Waals surface area contributed by atoms with Crippen LogP contribution in [0.2, 0.25) is 0 Å². The molecule has 2 N–H and O–H groups in total. The minimum atomic E-state index is -2.98. The van der Waals surface area contributed by atoms with Gasteiger partial charge in [0, 0.05) is 67.9 Å². The second-order valence-corrected chi connectivity index (χ2v) is 7.82. The van der Waals surface area contributed by atoms with Gasteiger partial charge >= 0.3 is 0 Å². The Bertz CT molecular complexity index is 1240. The third kappa shape index (κ3) is 4.61. The maximum absolute atomic E-state index is 13.4. The number of amidine groups is 1. The number of nitrogens with one attached hydrogen (secondary N) is 2. The van der Waals surface area contributed by atoms with E-state index in [9.17, 15) is 13.6 Å². The van der Waals surface area contributed by atoms with Crippen molar-refractivity contribution in [1.82, 2.24) is 24.8 Å². The number of aromatic amines is 1. The molecule has 32 heavy (non-hydrogen) atoms. The molecular weight excluding hydrogens is 414 g/mol. The quantitative estimate of drug-likeness (QED) is 0.479. The predicted octanol–water partition coefficient (Wildman–Crippen LogP) is 3.78. The summed E-state index contributed by atoms with van der Waals surface area (Å²) in [4.78, 5) is 28.6. The molecule has 0 saturated carbocycles. The van der Waals surface area contributed by atoms with Crippen LogP contribution in [0, 0.1) is 5.41 Å². The summed E-state index contributed by atoms with van der Waals surface area (Å²) >= 11 is 0. The summed E-state index contributed by atoms with van der Waals surface area (Å²) in [6.07, 6.45) is 6.94. The number of rotatable bonds is 4. The summed E-state index contributed by atoms with van der Waals surface area (Å²) in [5.41, 5.74) is 3.57. The average molecular weight is 436 g/mol. The number of pyridine rings is 2. The molecule has 164 valence electrons. The lowest BCUT2D eigenvalue weighted by molar-refractivity contribution is 0.0128. The highest BCUT2D eigenvalue weighted by Crippen LogP contribution is 2.28. The van der Waals surface area contributed by atoms with E-state index >= 15 is 0 Å². The van der Waals surface area contributed by atoms with E-state index in [1.165, 1.54) is 24.5 Å². The molecule has 7 nitrogen and oxygen atoms in total. The second kappa shape index (κ2) is 8.41. The largest absolute Gasteiger partial charge is 0.352 e. The van der Waals surface area contributed by atoms with Crippen LogP contribution in [0.1, 0.15) is 36.6 Å². The first-order chi connectivity index (χ1) is 15.2. The van der Waals surface area contributed by atoms with Crippen LogP contribution in [0.4, 0.5) is 8.78 Å². The molecule has 1 aliphatic heterocycles. The van der Waals surface area contributed by atoms with Gasteiger partial charge < -0.3 is 9.88 Å². The molecule has 0 fully saturated rings. The zero-order valence-corrected chi connectivity index (χ0v) is 17.7. The number of aromatic nitrogens is 4. The predicted molar refractivity (Wildman–Crippen MR) is 117 cm³/mol. The van der Waals surface area contributed by atoms with Crippen LogP contribution < -0.4 is 5.56 Å². The molecule has 3 aromatic heterocycles. The summed E-state index contributed by atoms with van der Waals surface area (Å²) < 4.78 is 26.9. The topological polar surface area (TPSA) is 98.6 Å². The van der Waals surface area contributed by atoms with Gasteiger partial charge in [0.15, 0.2) is 0 Å². The smallest absolute Gasteiger partial charge is 0.286 e. The van der Waals surface area contributed by atoms with Gasteiger partial charge in [-0.15, -0.1) is 0 Å². The Morgan fingerprint density at radius 2 is 1.97 bits per heavy atom. The van der Waals surface area contributed by atoms with E-state index in [2.05, 4.69) is 19.9 Å². The molecule has 3 aromatic rings. The van der Waals surface area contributed by atoms with Crippen LogP contribution in [0.3, 0.4) is 0 Å². The van der Waals surface area contributed by atoms with E-state index in [0.717, 1.165) is 23.7 Å². The molecule has 0 atom stereocenters. The number of halogens is 2. The zero-order chi connectivity index (χ0) is 22.9. The minimum absolute atomic E-state index is 0.249. The maximum Gasteiger partial charge on any atom is 0.286 e. The molecule has 9 heteroatoms. The van der Waals surface area contributed by atoms with Gasteiger partial charge in [0.2, 0.25) is 0 Å². The normalized spacial score (nSPS) is 14.2. The molecule has 0 amide bonds. The van der Waals surface area contributed by atoms with E-state index in [1.807, 2.05) is 11.0 Å². The van der Waals surface area contributed by atoms with Crippen molar-refractivity contribution < 1.29 is 8.78 Å². The van der Waals surface area contributed by atoms with Gasteiger partial charge in [-0.05, 0) is 36.3 Å². The second-order valence-electron chi connectivity index (χ2n) is 7.82. The first-order valence-corrected chi connectivity index (χ1v) is 10.1. The molecule has 0 unspecified atom stereocenters. The summed E-state index contributed by atoms with van der Waals surface area (Å²) in [6.45, 7) is 3.76. The van der Waals surface area contributed by atoms with E-state index < -0.39 is 5.92 Å².